The van der Waals surface area contributed by atoms with Crippen molar-refractivity contribution in [3.05, 3.63) is 0 Å². The van der Waals surface area contributed by atoms with Crippen molar-refractivity contribution in [1.29, 1.82) is 0 Å². The summed E-state index contributed by atoms with van der Waals surface area (Å²) in [5.74, 6) is 0.974. The quantitative estimate of drug-likeness (QED) is 0.713. The number of amides is 2. The Morgan fingerprint density at radius 1 is 1.11 bits per heavy atom. The number of nitrogens with zero attached hydrogens (tertiary/aromatic N) is 2. The van der Waals surface area contributed by atoms with E-state index in [9.17, 15) is 14.4 Å². The van der Waals surface area contributed by atoms with Crippen LogP contribution in [0.25, 0.3) is 0 Å². The summed E-state index contributed by atoms with van der Waals surface area (Å²) in [6.45, 7) is 4.99. The number of fused-ring (bicyclic) bond motifs is 1. The van der Waals surface area contributed by atoms with Crippen LogP contribution in [0.3, 0.4) is 0 Å². The number of esters is 1. The lowest BCUT2D eigenvalue weighted by Gasteiger charge is -2.61. The molecule has 2 heterocycles. The summed E-state index contributed by atoms with van der Waals surface area (Å²) in [4.78, 5) is 41.8. The first-order valence-corrected chi connectivity index (χ1v) is 10.4. The molecule has 3 unspecified atom stereocenters. The van der Waals surface area contributed by atoms with E-state index in [4.69, 9.17) is 4.74 Å². The van der Waals surface area contributed by atoms with E-state index in [0.717, 1.165) is 45.2 Å². The molecule has 0 aromatic heterocycles. The van der Waals surface area contributed by atoms with E-state index in [-0.39, 0.29) is 23.8 Å². The molecule has 0 aromatic rings. The van der Waals surface area contributed by atoms with Gasteiger partial charge in [-0.3, -0.25) is 19.3 Å². The number of ether oxygens (including phenoxy) is 1. The van der Waals surface area contributed by atoms with Crippen LogP contribution in [0.5, 0.6) is 0 Å². The minimum atomic E-state index is -0.435. The monoisotopic (exact) mass is 375 g/mol. The highest BCUT2D eigenvalue weighted by Crippen LogP contribution is 2.63. The van der Waals surface area contributed by atoms with Gasteiger partial charge in [-0.25, -0.2) is 0 Å². The third-order valence-corrected chi connectivity index (χ3v) is 7.60. The summed E-state index contributed by atoms with van der Waals surface area (Å²) >= 11 is 0. The van der Waals surface area contributed by atoms with Crippen molar-refractivity contribution in [2.24, 2.45) is 17.3 Å². The molecule has 4 aliphatic carbocycles. The summed E-state index contributed by atoms with van der Waals surface area (Å²) < 4.78 is 5.83. The summed E-state index contributed by atoms with van der Waals surface area (Å²) in [5, 5.41) is 2.93. The summed E-state index contributed by atoms with van der Waals surface area (Å²) in [5.41, 5.74) is -0.831. The van der Waals surface area contributed by atoms with E-state index >= 15 is 0 Å². The van der Waals surface area contributed by atoms with Crippen molar-refractivity contribution in [3.8, 4) is 0 Å². The van der Waals surface area contributed by atoms with E-state index < -0.39 is 11.0 Å². The first kappa shape index (κ1) is 17.5. The second kappa shape index (κ2) is 5.93. The number of carbonyl (C=O) groups is 3. The number of rotatable bonds is 2. The van der Waals surface area contributed by atoms with Crippen LogP contribution in [0.1, 0.15) is 45.4 Å². The predicted molar refractivity (Wildman–Crippen MR) is 96.6 cm³/mol. The maximum atomic E-state index is 13.7. The first-order valence-electron chi connectivity index (χ1n) is 10.4. The normalized spacial score (nSPS) is 43.2. The minimum Gasteiger partial charge on any atom is -0.459 e. The fraction of sp³-hybridized carbons (Fsp3) is 0.850. The van der Waals surface area contributed by atoms with Crippen LogP contribution in [0, 0.1) is 17.3 Å². The fourth-order valence-corrected chi connectivity index (χ4v) is 7.15. The average Bonchev–Trinajstić information content (AvgIpc) is 2.59. The summed E-state index contributed by atoms with van der Waals surface area (Å²) in [6, 6.07) is -0.215. The molecule has 27 heavy (non-hydrogen) atoms. The maximum Gasteiger partial charge on any atom is 0.303 e. The van der Waals surface area contributed by atoms with Crippen LogP contribution >= 0.6 is 0 Å². The highest BCUT2D eigenvalue weighted by Gasteiger charge is 2.63. The van der Waals surface area contributed by atoms with E-state index in [0.29, 0.717) is 37.9 Å². The van der Waals surface area contributed by atoms with E-state index in [1.165, 1.54) is 6.92 Å². The standard InChI is InChI=1S/C20H29N3O4/c1-13(24)27-20-9-14-6-15(10-20)8-19(7-14,12-20)18(26)23-5-4-22-3-2-21-17(25)16(22)11-23/h14-16H,2-12H2,1H3,(H,21,25). The number of piperazine rings is 2. The Kier molecular flexibility index (Phi) is 3.84. The van der Waals surface area contributed by atoms with Crippen LogP contribution in [-0.2, 0) is 19.1 Å². The summed E-state index contributed by atoms with van der Waals surface area (Å²) in [6.07, 6.45) is 5.50. The molecule has 6 rings (SSSR count). The van der Waals surface area contributed by atoms with Crippen molar-refractivity contribution < 1.29 is 19.1 Å². The highest BCUT2D eigenvalue weighted by atomic mass is 16.6. The Morgan fingerprint density at radius 3 is 2.56 bits per heavy atom. The molecule has 2 amide bonds. The van der Waals surface area contributed by atoms with Gasteiger partial charge in [-0.05, 0) is 43.9 Å². The molecule has 0 aromatic carbocycles. The lowest BCUT2D eigenvalue weighted by molar-refractivity contribution is -0.206. The lowest BCUT2D eigenvalue weighted by atomic mass is 9.47. The van der Waals surface area contributed by atoms with Crippen LogP contribution in [0.4, 0.5) is 0 Å². The Labute approximate surface area is 159 Å². The number of carbonyl (C=O) groups excluding carboxylic acids is 3. The minimum absolute atomic E-state index is 0.0423. The average molecular weight is 375 g/mol. The predicted octanol–water partition coefficient (Wildman–Crippen LogP) is 0.531. The molecule has 0 spiro atoms. The van der Waals surface area contributed by atoms with Gasteiger partial charge in [0.1, 0.15) is 11.6 Å². The molecule has 4 saturated carbocycles. The molecule has 1 N–H and O–H groups in total. The topological polar surface area (TPSA) is 79.0 Å². The Balaban J connectivity index is 1.38. The van der Waals surface area contributed by atoms with Gasteiger partial charge in [0, 0.05) is 46.1 Å². The fourth-order valence-electron chi connectivity index (χ4n) is 7.15. The van der Waals surface area contributed by atoms with Gasteiger partial charge in [0.15, 0.2) is 0 Å². The summed E-state index contributed by atoms with van der Waals surface area (Å²) in [7, 11) is 0. The smallest absolute Gasteiger partial charge is 0.303 e. The van der Waals surface area contributed by atoms with Crippen LogP contribution in [-0.4, -0.2) is 72.0 Å². The number of nitrogens with one attached hydrogen (secondary N) is 1. The van der Waals surface area contributed by atoms with Crippen molar-refractivity contribution in [3.63, 3.8) is 0 Å². The molecule has 2 saturated heterocycles. The van der Waals surface area contributed by atoms with Gasteiger partial charge in [-0.2, -0.15) is 0 Å². The molecule has 2 aliphatic heterocycles. The zero-order valence-corrected chi connectivity index (χ0v) is 16.0. The molecule has 0 radical (unpaired) electrons. The molecule has 6 fully saturated rings. The maximum absolute atomic E-state index is 13.7. The number of hydrogen-bond acceptors (Lipinski definition) is 5. The van der Waals surface area contributed by atoms with E-state index in [1.54, 1.807) is 0 Å². The van der Waals surface area contributed by atoms with Gasteiger partial charge >= 0.3 is 5.97 Å². The Morgan fingerprint density at radius 2 is 1.85 bits per heavy atom. The zero-order valence-electron chi connectivity index (χ0n) is 16.0. The van der Waals surface area contributed by atoms with Crippen molar-refractivity contribution in [1.82, 2.24) is 15.1 Å². The van der Waals surface area contributed by atoms with E-state index in [2.05, 4.69) is 10.2 Å². The first-order chi connectivity index (χ1) is 12.9. The molecule has 6 aliphatic rings. The second-order valence-corrected chi connectivity index (χ2v) is 9.61. The number of hydrogen-bond donors (Lipinski definition) is 1. The third kappa shape index (κ3) is 2.77. The SMILES string of the molecule is CC(=O)OC12CC3CC(C1)CC(C(=O)N1CCN4CCNC(=O)C4C1)(C3)C2. The van der Waals surface area contributed by atoms with E-state index in [1.807, 2.05) is 4.90 Å². The van der Waals surface area contributed by atoms with Gasteiger partial charge in [0.25, 0.3) is 0 Å². The van der Waals surface area contributed by atoms with Gasteiger partial charge < -0.3 is 15.0 Å². The zero-order chi connectivity index (χ0) is 18.8. The Bertz CT molecular complexity index is 679. The van der Waals surface area contributed by atoms with Crippen molar-refractivity contribution >= 4 is 17.8 Å². The van der Waals surface area contributed by atoms with Gasteiger partial charge in [-0.1, -0.05) is 0 Å². The van der Waals surface area contributed by atoms with Gasteiger partial charge in [0.05, 0.1) is 5.41 Å². The van der Waals surface area contributed by atoms with Gasteiger partial charge in [-0.15, -0.1) is 0 Å². The third-order valence-electron chi connectivity index (χ3n) is 7.60. The Hall–Kier alpha value is -1.63. The molecule has 4 bridgehead atoms. The highest BCUT2D eigenvalue weighted by molar-refractivity contribution is 5.87. The van der Waals surface area contributed by atoms with Crippen LogP contribution in [0.2, 0.25) is 0 Å². The molecule has 3 atom stereocenters. The van der Waals surface area contributed by atoms with Crippen LogP contribution < -0.4 is 5.32 Å². The largest absolute Gasteiger partial charge is 0.459 e. The van der Waals surface area contributed by atoms with Crippen molar-refractivity contribution in [2.75, 3.05) is 32.7 Å². The molecule has 148 valence electrons. The lowest BCUT2D eigenvalue weighted by Crippen LogP contribution is -2.67. The molecule has 7 nitrogen and oxygen atoms in total. The molecule has 7 heteroatoms. The van der Waals surface area contributed by atoms with Crippen molar-refractivity contribution in [2.45, 2.75) is 57.1 Å². The van der Waals surface area contributed by atoms with Gasteiger partial charge in [0.2, 0.25) is 11.8 Å². The second-order valence-electron chi connectivity index (χ2n) is 9.61. The molecular formula is C20H29N3O4. The van der Waals surface area contributed by atoms with Crippen LogP contribution in [0.15, 0.2) is 0 Å². The molecular weight excluding hydrogens is 346 g/mol.